The van der Waals surface area contributed by atoms with Crippen LogP contribution in [0.15, 0.2) is 0 Å². The van der Waals surface area contributed by atoms with Gasteiger partial charge in [-0.3, -0.25) is 4.79 Å². The van der Waals surface area contributed by atoms with Gasteiger partial charge in [0.25, 0.3) is 0 Å². The molecule has 0 saturated carbocycles. The summed E-state index contributed by atoms with van der Waals surface area (Å²) < 4.78 is 4.72. The van der Waals surface area contributed by atoms with Crippen molar-refractivity contribution in [2.75, 3.05) is 20.3 Å². The number of ether oxygens (including phenoxy) is 1. The van der Waals surface area contributed by atoms with Crippen LogP contribution in [0.4, 0.5) is 0 Å². The maximum atomic E-state index is 11.4. The summed E-state index contributed by atoms with van der Waals surface area (Å²) in [6, 6.07) is 0.0453. The van der Waals surface area contributed by atoms with Gasteiger partial charge in [-0.05, 0) is 26.2 Å². The highest BCUT2D eigenvalue weighted by Crippen LogP contribution is 2.16. The van der Waals surface area contributed by atoms with Crippen molar-refractivity contribution in [2.24, 2.45) is 11.3 Å². The molecular formula is C12H25NO3. The van der Waals surface area contributed by atoms with Gasteiger partial charge in [-0.15, -0.1) is 0 Å². The molecule has 2 N–H and O–H groups in total. The summed E-state index contributed by atoms with van der Waals surface area (Å²) in [7, 11) is 1.39. The molecule has 4 heteroatoms. The van der Waals surface area contributed by atoms with E-state index in [1.165, 1.54) is 7.11 Å². The monoisotopic (exact) mass is 231 g/mol. The van der Waals surface area contributed by atoms with Crippen molar-refractivity contribution in [2.45, 2.75) is 40.2 Å². The van der Waals surface area contributed by atoms with Gasteiger partial charge in [-0.1, -0.05) is 13.8 Å². The number of carbonyl (C=O) groups is 1. The first-order valence-corrected chi connectivity index (χ1v) is 5.76. The molecule has 0 radical (unpaired) electrons. The lowest BCUT2D eigenvalue weighted by Gasteiger charge is -2.26. The number of aliphatic hydroxyl groups excluding tert-OH is 1. The van der Waals surface area contributed by atoms with Crippen LogP contribution in [0.5, 0.6) is 0 Å². The molecule has 16 heavy (non-hydrogen) atoms. The lowest BCUT2D eigenvalue weighted by Crippen LogP contribution is -2.43. The van der Waals surface area contributed by atoms with E-state index in [2.05, 4.69) is 19.2 Å². The highest BCUT2D eigenvalue weighted by Gasteiger charge is 2.29. The van der Waals surface area contributed by atoms with Crippen LogP contribution in [-0.4, -0.2) is 37.4 Å². The molecule has 0 aromatic carbocycles. The van der Waals surface area contributed by atoms with Gasteiger partial charge in [0.15, 0.2) is 0 Å². The predicted molar refractivity (Wildman–Crippen MR) is 64.1 cm³/mol. The zero-order valence-electron chi connectivity index (χ0n) is 11.0. The summed E-state index contributed by atoms with van der Waals surface area (Å²) in [5.41, 5.74) is -0.556. The molecule has 0 bridgehead atoms. The lowest BCUT2D eigenvalue weighted by atomic mass is 9.93. The second-order valence-electron chi connectivity index (χ2n) is 5.27. The Bertz CT molecular complexity index is 214. The topological polar surface area (TPSA) is 58.6 Å². The quantitative estimate of drug-likeness (QED) is 0.646. The minimum absolute atomic E-state index is 0.0453. The maximum absolute atomic E-state index is 11.4. The minimum Gasteiger partial charge on any atom is -0.469 e. The summed E-state index contributed by atoms with van der Waals surface area (Å²) >= 11 is 0. The number of hydrogen-bond donors (Lipinski definition) is 2. The number of nitrogens with one attached hydrogen (secondary N) is 1. The molecule has 0 saturated heterocycles. The van der Waals surface area contributed by atoms with Crippen LogP contribution in [0.25, 0.3) is 0 Å². The fourth-order valence-electron chi connectivity index (χ4n) is 1.54. The third-order valence-corrected chi connectivity index (χ3v) is 2.55. The maximum Gasteiger partial charge on any atom is 0.312 e. The van der Waals surface area contributed by atoms with E-state index in [4.69, 9.17) is 4.74 Å². The fourth-order valence-corrected chi connectivity index (χ4v) is 1.54. The van der Waals surface area contributed by atoms with Crippen LogP contribution in [0.2, 0.25) is 0 Å². The Labute approximate surface area is 98.4 Å². The zero-order chi connectivity index (χ0) is 12.8. The summed E-state index contributed by atoms with van der Waals surface area (Å²) in [4.78, 5) is 11.4. The molecule has 0 aliphatic heterocycles. The number of hydrogen-bond acceptors (Lipinski definition) is 4. The van der Waals surface area contributed by atoms with Crippen molar-refractivity contribution in [1.29, 1.82) is 0 Å². The molecule has 0 aromatic heterocycles. The number of carbonyl (C=O) groups excluding carboxylic acids is 1. The van der Waals surface area contributed by atoms with E-state index in [9.17, 15) is 9.90 Å². The summed E-state index contributed by atoms with van der Waals surface area (Å²) in [6.07, 6.45) is 0.897. The van der Waals surface area contributed by atoms with E-state index in [0.717, 1.165) is 6.42 Å². The van der Waals surface area contributed by atoms with Crippen molar-refractivity contribution in [3.63, 3.8) is 0 Å². The molecule has 0 aromatic rings. The molecule has 0 spiro atoms. The molecule has 96 valence electrons. The van der Waals surface area contributed by atoms with Crippen molar-refractivity contribution in [3.8, 4) is 0 Å². The van der Waals surface area contributed by atoms with Gasteiger partial charge in [-0.25, -0.2) is 0 Å². The first-order valence-electron chi connectivity index (χ1n) is 5.76. The molecule has 0 fully saturated rings. The fraction of sp³-hybridized carbons (Fsp3) is 0.917. The van der Waals surface area contributed by atoms with Gasteiger partial charge in [0.05, 0.1) is 19.1 Å². The van der Waals surface area contributed by atoms with E-state index < -0.39 is 5.41 Å². The van der Waals surface area contributed by atoms with Crippen LogP contribution >= 0.6 is 0 Å². The van der Waals surface area contributed by atoms with Crippen molar-refractivity contribution in [1.82, 2.24) is 5.32 Å². The highest BCUT2D eigenvalue weighted by atomic mass is 16.5. The van der Waals surface area contributed by atoms with E-state index in [1.807, 2.05) is 13.8 Å². The van der Waals surface area contributed by atoms with Crippen molar-refractivity contribution >= 4 is 5.97 Å². The third-order valence-electron chi connectivity index (χ3n) is 2.55. The Morgan fingerprint density at radius 2 is 2.00 bits per heavy atom. The highest BCUT2D eigenvalue weighted by molar-refractivity contribution is 5.76. The second kappa shape index (κ2) is 6.86. The number of esters is 1. The molecule has 1 atom stereocenters. The Hall–Kier alpha value is -0.610. The SMILES string of the molecule is COC(=O)C(C)(C)CNC(CO)CC(C)C. The van der Waals surface area contributed by atoms with Crippen LogP contribution in [-0.2, 0) is 9.53 Å². The van der Waals surface area contributed by atoms with Crippen molar-refractivity contribution < 1.29 is 14.6 Å². The van der Waals surface area contributed by atoms with E-state index in [0.29, 0.717) is 12.5 Å². The first-order chi connectivity index (χ1) is 7.33. The molecular weight excluding hydrogens is 206 g/mol. The van der Waals surface area contributed by atoms with Crippen LogP contribution in [0.1, 0.15) is 34.1 Å². The van der Waals surface area contributed by atoms with Gasteiger partial charge in [0.1, 0.15) is 0 Å². The Kier molecular flexibility index (Phi) is 6.60. The van der Waals surface area contributed by atoms with Crippen LogP contribution < -0.4 is 5.32 Å². The van der Waals surface area contributed by atoms with Gasteiger partial charge >= 0.3 is 5.97 Å². The number of aliphatic hydroxyl groups is 1. The Morgan fingerprint density at radius 3 is 2.38 bits per heavy atom. The average Bonchev–Trinajstić information content (AvgIpc) is 2.22. The lowest BCUT2D eigenvalue weighted by molar-refractivity contribution is -0.150. The molecule has 0 aliphatic carbocycles. The van der Waals surface area contributed by atoms with E-state index >= 15 is 0 Å². The van der Waals surface area contributed by atoms with Crippen LogP contribution in [0, 0.1) is 11.3 Å². The van der Waals surface area contributed by atoms with Gasteiger partial charge in [-0.2, -0.15) is 0 Å². The van der Waals surface area contributed by atoms with Gasteiger partial charge < -0.3 is 15.2 Å². The standard InChI is InChI=1S/C12H25NO3/c1-9(2)6-10(7-14)13-8-12(3,4)11(15)16-5/h9-10,13-14H,6-8H2,1-5H3. The predicted octanol–water partition coefficient (Wildman–Crippen LogP) is 1.18. The summed E-state index contributed by atoms with van der Waals surface area (Å²) in [6.45, 7) is 8.48. The van der Waals surface area contributed by atoms with Crippen LogP contribution in [0.3, 0.4) is 0 Å². The Morgan fingerprint density at radius 1 is 1.44 bits per heavy atom. The van der Waals surface area contributed by atoms with Gasteiger partial charge in [0, 0.05) is 12.6 Å². The normalized spacial score (nSPS) is 13.9. The molecule has 0 amide bonds. The minimum atomic E-state index is -0.556. The number of methoxy groups -OCH3 is 1. The molecule has 0 rings (SSSR count). The van der Waals surface area contributed by atoms with E-state index in [-0.39, 0.29) is 18.6 Å². The molecule has 1 unspecified atom stereocenters. The summed E-state index contributed by atoms with van der Waals surface area (Å²) in [5.74, 6) is 0.284. The molecule has 0 aliphatic rings. The smallest absolute Gasteiger partial charge is 0.312 e. The summed E-state index contributed by atoms with van der Waals surface area (Å²) in [5, 5.41) is 12.4. The molecule has 0 heterocycles. The second-order valence-corrected chi connectivity index (χ2v) is 5.27. The van der Waals surface area contributed by atoms with Crippen molar-refractivity contribution in [3.05, 3.63) is 0 Å². The largest absolute Gasteiger partial charge is 0.469 e. The zero-order valence-corrected chi connectivity index (χ0v) is 11.0. The molecule has 4 nitrogen and oxygen atoms in total. The van der Waals surface area contributed by atoms with Gasteiger partial charge in [0.2, 0.25) is 0 Å². The average molecular weight is 231 g/mol. The number of rotatable bonds is 7. The Balaban J connectivity index is 4.14. The first kappa shape index (κ1) is 15.4. The third kappa shape index (κ3) is 5.47. The van der Waals surface area contributed by atoms with E-state index in [1.54, 1.807) is 0 Å².